The van der Waals surface area contributed by atoms with Crippen molar-refractivity contribution in [1.82, 2.24) is 0 Å². The van der Waals surface area contributed by atoms with E-state index in [0.29, 0.717) is 5.56 Å². The van der Waals surface area contributed by atoms with Crippen LogP contribution < -0.4 is 21.7 Å². The molecule has 0 saturated heterocycles. The number of benzene rings is 2. The maximum Gasteiger partial charge on any atom is 0.339 e. The number of guanidine groups is 2. The highest BCUT2D eigenvalue weighted by molar-refractivity contribution is 6.08. The number of aryl methyl sites for hydroxylation is 1. The van der Waals surface area contributed by atoms with Crippen molar-refractivity contribution in [1.29, 1.82) is 0 Å². The fourth-order valence-corrected chi connectivity index (χ4v) is 4.51. The van der Waals surface area contributed by atoms with Crippen LogP contribution >= 0.6 is 0 Å². The van der Waals surface area contributed by atoms with Gasteiger partial charge in [-0.2, -0.15) is 4.99 Å². The number of hydrogen-bond acceptors (Lipinski definition) is 8. The van der Waals surface area contributed by atoms with Crippen LogP contribution in [0.1, 0.15) is 58.4 Å². The van der Waals surface area contributed by atoms with Crippen molar-refractivity contribution >= 4 is 35.2 Å². The Bertz CT molecular complexity index is 1180. The molecule has 33 heavy (non-hydrogen) atoms. The van der Waals surface area contributed by atoms with Gasteiger partial charge in [-0.1, -0.05) is 6.42 Å². The molecule has 1 saturated carbocycles. The topological polar surface area (TPSA) is 167 Å². The third-order valence-electron chi connectivity index (χ3n) is 6.04. The lowest BCUT2D eigenvalue weighted by atomic mass is 9.87. The lowest BCUT2D eigenvalue weighted by Crippen LogP contribution is -2.58. The molecular weight excluding hydrogens is 424 g/mol. The lowest BCUT2D eigenvalue weighted by Gasteiger charge is -2.46. The number of aromatic carboxylic acids is 1. The number of carboxylic acid groups (broad SMARTS) is 1. The Morgan fingerprint density at radius 3 is 2.48 bits per heavy atom. The van der Waals surface area contributed by atoms with Gasteiger partial charge in [-0.15, -0.1) is 0 Å². The van der Waals surface area contributed by atoms with Gasteiger partial charge >= 0.3 is 5.97 Å². The molecule has 0 atom stereocenters. The fourth-order valence-electron chi connectivity index (χ4n) is 4.51. The summed E-state index contributed by atoms with van der Waals surface area (Å²) in [7, 11) is 0. The number of carbonyl (C=O) groups is 2. The summed E-state index contributed by atoms with van der Waals surface area (Å²) in [6.07, 6.45) is 4.74. The highest BCUT2D eigenvalue weighted by Gasteiger charge is 2.43. The van der Waals surface area contributed by atoms with Gasteiger partial charge in [-0.05, 0) is 74.6 Å². The molecule has 172 valence electrons. The molecule has 10 nitrogen and oxygen atoms in total. The maximum absolute atomic E-state index is 12.8. The molecule has 1 amide bonds. The minimum absolute atomic E-state index is 0.175. The monoisotopic (exact) mass is 450 g/mol. The van der Waals surface area contributed by atoms with Crippen LogP contribution in [0.3, 0.4) is 0 Å². The van der Waals surface area contributed by atoms with E-state index < -0.39 is 17.5 Å². The molecule has 2 aliphatic rings. The molecule has 10 heteroatoms. The summed E-state index contributed by atoms with van der Waals surface area (Å²) in [5.74, 6) is -1.63. The number of carboxylic acids is 1. The number of aliphatic imine (C=N–C) groups is 2. The Hall–Kier alpha value is -4.08. The second-order valence-corrected chi connectivity index (χ2v) is 8.31. The number of phenols is 1. The number of nitrogens with two attached hydrogens (primary N) is 2. The van der Waals surface area contributed by atoms with Gasteiger partial charge in [0.2, 0.25) is 11.9 Å². The zero-order chi connectivity index (χ0) is 23.8. The summed E-state index contributed by atoms with van der Waals surface area (Å²) in [5, 5.41) is 21.5. The summed E-state index contributed by atoms with van der Waals surface area (Å²) in [5.41, 5.74) is 13.6. The van der Waals surface area contributed by atoms with Crippen molar-refractivity contribution in [3.63, 3.8) is 0 Å². The average molecular weight is 450 g/mol. The van der Waals surface area contributed by atoms with Crippen LogP contribution in [0, 0.1) is 6.92 Å². The molecule has 4 rings (SSSR count). The van der Waals surface area contributed by atoms with Crippen molar-refractivity contribution in [2.24, 2.45) is 21.5 Å². The van der Waals surface area contributed by atoms with E-state index in [9.17, 15) is 14.7 Å². The smallest absolute Gasteiger partial charge is 0.339 e. The van der Waals surface area contributed by atoms with Gasteiger partial charge < -0.3 is 27.0 Å². The predicted molar refractivity (Wildman–Crippen MR) is 126 cm³/mol. The minimum atomic E-state index is -1.29. The van der Waals surface area contributed by atoms with Crippen LogP contribution in [0.5, 0.6) is 5.75 Å². The van der Waals surface area contributed by atoms with E-state index in [1.165, 1.54) is 18.2 Å². The van der Waals surface area contributed by atoms with Crippen LogP contribution in [-0.4, -0.2) is 39.7 Å². The van der Waals surface area contributed by atoms with Gasteiger partial charge in [0, 0.05) is 16.9 Å². The predicted octanol–water partition coefficient (Wildman–Crippen LogP) is 2.76. The highest BCUT2D eigenvalue weighted by Crippen LogP contribution is 2.40. The van der Waals surface area contributed by atoms with Crippen molar-refractivity contribution in [2.75, 3.05) is 10.2 Å². The Morgan fingerprint density at radius 2 is 1.82 bits per heavy atom. The second kappa shape index (κ2) is 8.45. The van der Waals surface area contributed by atoms with Gasteiger partial charge in [0.1, 0.15) is 17.0 Å². The fraction of sp³-hybridized carbons (Fsp3) is 0.304. The molecule has 0 radical (unpaired) electrons. The SMILES string of the molecule is Cc1cc(C(=O)Nc2ccc(O)c(C(=O)O)c2)ccc1N1C(N)=NC(N)=NC12CCCCC2. The highest BCUT2D eigenvalue weighted by atomic mass is 16.4. The summed E-state index contributed by atoms with van der Waals surface area (Å²) in [6, 6.07) is 9.07. The van der Waals surface area contributed by atoms with Gasteiger partial charge in [0.05, 0.1) is 0 Å². The van der Waals surface area contributed by atoms with Crippen molar-refractivity contribution in [3.8, 4) is 5.75 Å². The Kier molecular flexibility index (Phi) is 5.67. The molecule has 0 unspecified atom stereocenters. The number of amides is 1. The van der Waals surface area contributed by atoms with Gasteiger partial charge in [0.25, 0.3) is 5.91 Å². The summed E-state index contributed by atoms with van der Waals surface area (Å²) >= 11 is 0. The molecule has 2 aromatic rings. The Morgan fingerprint density at radius 1 is 1.09 bits per heavy atom. The number of nitrogens with zero attached hydrogens (tertiary/aromatic N) is 3. The number of anilines is 2. The largest absolute Gasteiger partial charge is 0.507 e. The van der Waals surface area contributed by atoms with Gasteiger partial charge in [-0.3, -0.25) is 9.69 Å². The third kappa shape index (κ3) is 4.19. The maximum atomic E-state index is 12.8. The Balaban J connectivity index is 1.62. The second-order valence-electron chi connectivity index (χ2n) is 8.31. The van der Waals surface area contributed by atoms with E-state index in [1.807, 2.05) is 11.8 Å². The van der Waals surface area contributed by atoms with E-state index in [0.717, 1.165) is 43.4 Å². The van der Waals surface area contributed by atoms with Crippen molar-refractivity contribution < 1.29 is 19.8 Å². The molecule has 1 fully saturated rings. The third-order valence-corrected chi connectivity index (χ3v) is 6.04. The number of hydrogen-bond donors (Lipinski definition) is 5. The van der Waals surface area contributed by atoms with E-state index in [-0.39, 0.29) is 28.9 Å². The number of nitrogens with one attached hydrogen (secondary N) is 1. The first kappa shape index (κ1) is 22.1. The molecule has 7 N–H and O–H groups in total. The van der Waals surface area contributed by atoms with Crippen LogP contribution in [0.2, 0.25) is 0 Å². The van der Waals surface area contributed by atoms with Crippen LogP contribution in [0.15, 0.2) is 46.4 Å². The van der Waals surface area contributed by atoms with E-state index in [4.69, 9.17) is 16.6 Å². The molecule has 1 heterocycles. The summed E-state index contributed by atoms with van der Waals surface area (Å²) in [4.78, 5) is 34.8. The summed E-state index contributed by atoms with van der Waals surface area (Å²) < 4.78 is 0. The first-order valence-corrected chi connectivity index (χ1v) is 10.7. The van der Waals surface area contributed by atoms with Crippen molar-refractivity contribution in [3.05, 3.63) is 53.1 Å². The molecule has 0 aromatic heterocycles. The molecule has 0 bridgehead atoms. The Labute approximate surface area is 190 Å². The minimum Gasteiger partial charge on any atom is -0.507 e. The summed E-state index contributed by atoms with van der Waals surface area (Å²) in [6.45, 7) is 1.88. The van der Waals surface area contributed by atoms with E-state index in [1.54, 1.807) is 18.2 Å². The van der Waals surface area contributed by atoms with Crippen LogP contribution in [0.25, 0.3) is 0 Å². The number of aromatic hydroxyl groups is 1. The number of carbonyl (C=O) groups excluding carboxylic acids is 1. The molecule has 1 aliphatic heterocycles. The first-order chi connectivity index (χ1) is 15.7. The lowest BCUT2D eigenvalue weighted by molar-refractivity contribution is 0.0693. The first-order valence-electron chi connectivity index (χ1n) is 10.7. The van der Waals surface area contributed by atoms with Crippen LogP contribution in [-0.2, 0) is 0 Å². The zero-order valence-corrected chi connectivity index (χ0v) is 18.2. The quantitative estimate of drug-likeness (QED) is 0.446. The zero-order valence-electron chi connectivity index (χ0n) is 18.2. The average Bonchev–Trinajstić information content (AvgIpc) is 2.76. The molecule has 2 aromatic carbocycles. The molecule has 1 aliphatic carbocycles. The van der Waals surface area contributed by atoms with Gasteiger partial charge in [0.15, 0.2) is 0 Å². The standard InChI is InChI=1S/C23H26N6O4/c1-13-11-14(19(31)26-15-6-8-18(30)16(12-15)20(32)33)5-7-17(13)29-22(25)27-21(24)28-23(29)9-3-2-4-10-23/h5-8,11-12,30H,2-4,9-10H2,1H3,(H,26,31)(H,32,33)(H4,24,25,27,28). The molecule has 1 spiro atoms. The van der Waals surface area contributed by atoms with Crippen molar-refractivity contribution in [2.45, 2.75) is 44.7 Å². The normalized spacial score (nSPS) is 17.3. The van der Waals surface area contributed by atoms with E-state index >= 15 is 0 Å². The molecular formula is C23H26N6O4. The van der Waals surface area contributed by atoms with Gasteiger partial charge in [-0.25, -0.2) is 9.79 Å². The van der Waals surface area contributed by atoms with Crippen LogP contribution in [0.4, 0.5) is 11.4 Å². The number of rotatable bonds is 4. The van der Waals surface area contributed by atoms with E-state index in [2.05, 4.69) is 15.3 Å².